The second-order valence-electron chi connectivity index (χ2n) is 4.34. The Balaban J connectivity index is 2.26. The summed E-state index contributed by atoms with van der Waals surface area (Å²) in [5.41, 5.74) is -0.0679. The van der Waals surface area contributed by atoms with Crippen LogP contribution in [0.1, 0.15) is 23.3 Å². The van der Waals surface area contributed by atoms with Crippen molar-refractivity contribution in [1.82, 2.24) is 4.98 Å². The maximum atomic E-state index is 11.5. The highest BCUT2D eigenvalue weighted by atomic mass is 32.2. The molecule has 20 heavy (non-hydrogen) atoms. The lowest BCUT2D eigenvalue weighted by Gasteiger charge is -2.22. The Morgan fingerprint density at radius 3 is 2.80 bits per heavy atom. The molecule has 1 aliphatic rings. The summed E-state index contributed by atoms with van der Waals surface area (Å²) in [4.78, 5) is 26.0. The van der Waals surface area contributed by atoms with E-state index in [1.165, 1.54) is 19.2 Å². The van der Waals surface area contributed by atoms with Crippen molar-refractivity contribution < 1.29 is 14.5 Å². The van der Waals surface area contributed by atoms with E-state index >= 15 is 0 Å². The van der Waals surface area contributed by atoms with E-state index in [-0.39, 0.29) is 23.2 Å². The standard InChI is InChI=1S/C12H15N3O4S/c1-19-12(16)9-2-3-10(15(17)18)11(14-9)13-8-4-6-20-7-5-8/h2-3,8H,4-7H2,1H3,(H,13,14). The SMILES string of the molecule is COC(=O)c1ccc([N+](=O)[O-])c(NC2CCSCC2)n1. The summed E-state index contributed by atoms with van der Waals surface area (Å²) in [6.07, 6.45) is 1.85. The first-order valence-corrected chi connectivity index (χ1v) is 7.35. The van der Waals surface area contributed by atoms with Crippen LogP contribution >= 0.6 is 11.8 Å². The van der Waals surface area contributed by atoms with Crippen LogP contribution < -0.4 is 5.32 Å². The van der Waals surface area contributed by atoms with Crippen LogP contribution in [0.15, 0.2) is 12.1 Å². The first kappa shape index (κ1) is 14.6. The fourth-order valence-corrected chi connectivity index (χ4v) is 3.07. The van der Waals surface area contributed by atoms with Crippen LogP contribution in [0.25, 0.3) is 0 Å². The molecule has 0 spiro atoms. The van der Waals surface area contributed by atoms with Crippen molar-refractivity contribution in [3.8, 4) is 0 Å². The Morgan fingerprint density at radius 2 is 2.20 bits per heavy atom. The summed E-state index contributed by atoms with van der Waals surface area (Å²) in [6.45, 7) is 0. The van der Waals surface area contributed by atoms with Crippen LogP contribution in [0.4, 0.5) is 11.5 Å². The first-order valence-electron chi connectivity index (χ1n) is 6.20. The topological polar surface area (TPSA) is 94.4 Å². The van der Waals surface area contributed by atoms with Gasteiger partial charge in [0.1, 0.15) is 0 Å². The smallest absolute Gasteiger partial charge is 0.356 e. The zero-order valence-electron chi connectivity index (χ0n) is 11.0. The summed E-state index contributed by atoms with van der Waals surface area (Å²) >= 11 is 1.86. The van der Waals surface area contributed by atoms with Gasteiger partial charge in [0, 0.05) is 12.1 Å². The number of pyridine rings is 1. The van der Waals surface area contributed by atoms with Crippen LogP contribution in [0, 0.1) is 10.1 Å². The van der Waals surface area contributed by atoms with E-state index in [2.05, 4.69) is 15.0 Å². The Kier molecular flexibility index (Phi) is 4.78. The predicted octanol–water partition coefficient (Wildman–Crippen LogP) is 2.08. The minimum Gasteiger partial charge on any atom is -0.464 e. The lowest BCUT2D eigenvalue weighted by molar-refractivity contribution is -0.384. The van der Waals surface area contributed by atoms with Crippen molar-refractivity contribution in [3.63, 3.8) is 0 Å². The quantitative estimate of drug-likeness (QED) is 0.516. The highest BCUT2D eigenvalue weighted by Crippen LogP contribution is 2.26. The van der Waals surface area contributed by atoms with Crippen LogP contribution in [-0.2, 0) is 4.74 Å². The molecule has 0 saturated carbocycles. The number of carbonyl (C=O) groups excluding carboxylic acids is 1. The van der Waals surface area contributed by atoms with Gasteiger partial charge in [-0.1, -0.05) is 0 Å². The minimum atomic E-state index is -0.609. The highest BCUT2D eigenvalue weighted by Gasteiger charge is 2.22. The molecule has 7 nitrogen and oxygen atoms in total. The monoisotopic (exact) mass is 297 g/mol. The number of nitrogens with zero attached hydrogens (tertiary/aromatic N) is 2. The van der Waals surface area contributed by atoms with Gasteiger partial charge >= 0.3 is 11.7 Å². The Hall–Kier alpha value is -1.83. The first-order chi connectivity index (χ1) is 9.61. The minimum absolute atomic E-state index is 0.0609. The molecule has 2 rings (SSSR count). The average Bonchev–Trinajstić information content (AvgIpc) is 2.47. The van der Waals surface area contributed by atoms with Crippen molar-refractivity contribution >= 4 is 29.2 Å². The van der Waals surface area contributed by atoms with Gasteiger partial charge in [-0.2, -0.15) is 11.8 Å². The summed E-state index contributed by atoms with van der Waals surface area (Å²) in [5, 5.41) is 14.1. The summed E-state index contributed by atoms with van der Waals surface area (Å²) in [5.74, 6) is 1.56. The second kappa shape index (κ2) is 6.56. The highest BCUT2D eigenvalue weighted by molar-refractivity contribution is 7.99. The van der Waals surface area contributed by atoms with E-state index in [1.807, 2.05) is 11.8 Å². The lowest BCUT2D eigenvalue weighted by Crippen LogP contribution is -2.25. The average molecular weight is 297 g/mol. The van der Waals surface area contributed by atoms with Gasteiger partial charge in [0.05, 0.1) is 12.0 Å². The maximum Gasteiger partial charge on any atom is 0.356 e. The van der Waals surface area contributed by atoms with Gasteiger partial charge in [-0.15, -0.1) is 0 Å². The zero-order chi connectivity index (χ0) is 14.5. The van der Waals surface area contributed by atoms with Crippen molar-refractivity contribution in [2.24, 2.45) is 0 Å². The number of aromatic nitrogens is 1. The molecule has 0 atom stereocenters. The number of nitro groups is 1. The molecule has 1 saturated heterocycles. The molecule has 1 aliphatic heterocycles. The number of thioether (sulfide) groups is 1. The van der Waals surface area contributed by atoms with E-state index in [9.17, 15) is 14.9 Å². The van der Waals surface area contributed by atoms with Gasteiger partial charge in [-0.05, 0) is 30.4 Å². The third-order valence-corrected chi connectivity index (χ3v) is 4.08. The number of anilines is 1. The van der Waals surface area contributed by atoms with Gasteiger partial charge in [0.25, 0.3) is 0 Å². The number of hydrogen-bond acceptors (Lipinski definition) is 7. The molecule has 1 fully saturated rings. The van der Waals surface area contributed by atoms with Crippen molar-refractivity contribution in [2.45, 2.75) is 18.9 Å². The Labute approximate surface area is 120 Å². The molecule has 0 aromatic carbocycles. The molecule has 8 heteroatoms. The Bertz CT molecular complexity index is 517. The van der Waals surface area contributed by atoms with Crippen LogP contribution in [-0.4, -0.2) is 40.5 Å². The van der Waals surface area contributed by atoms with E-state index < -0.39 is 10.9 Å². The number of methoxy groups -OCH3 is 1. The second-order valence-corrected chi connectivity index (χ2v) is 5.57. The van der Waals surface area contributed by atoms with E-state index in [4.69, 9.17) is 0 Å². The summed E-state index contributed by atoms with van der Waals surface area (Å²) in [6, 6.07) is 2.72. The molecular weight excluding hydrogens is 282 g/mol. The molecule has 0 radical (unpaired) electrons. The molecule has 0 aliphatic carbocycles. The predicted molar refractivity (Wildman–Crippen MR) is 76.2 cm³/mol. The van der Waals surface area contributed by atoms with Gasteiger partial charge < -0.3 is 10.1 Å². The lowest BCUT2D eigenvalue weighted by atomic mass is 10.1. The number of carbonyl (C=O) groups is 1. The largest absolute Gasteiger partial charge is 0.464 e. The number of nitrogens with one attached hydrogen (secondary N) is 1. The molecule has 1 N–H and O–H groups in total. The molecule has 0 unspecified atom stereocenters. The zero-order valence-corrected chi connectivity index (χ0v) is 11.8. The summed E-state index contributed by atoms with van der Waals surface area (Å²) in [7, 11) is 1.25. The van der Waals surface area contributed by atoms with Crippen molar-refractivity contribution in [3.05, 3.63) is 27.9 Å². The van der Waals surface area contributed by atoms with E-state index in [0.717, 1.165) is 24.3 Å². The molecule has 1 aromatic rings. The van der Waals surface area contributed by atoms with Gasteiger partial charge in [0.15, 0.2) is 5.69 Å². The number of ether oxygens (including phenoxy) is 1. The van der Waals surface area contributed by atoms with E-state index in [1.54, 1.807) is 0 Å². The summed E-state index contributed by atoms with van der Waals surface area (Å²) < 4.78 is 4.58. The van der Waals surface area contributed by atoms with Crippen molar-refractivity contribution in [1.29, 1.82) is 0 Å². The van der Waals surface area contributed by atoms with Crippen molar-refractivity contribution in [2.75, 3.05) is 23.9 Å². The molecule has 1 aromatic heterocycles. The molecular formula is C12H15N3O4S. The normalized spacial score (nSPS) is 15.7. The fraction of sp³-hybridized carbons (Fsp3) is 0.500. The number of esters is 1. The molecule has 0 bridgehead atoms. The third-order valence-electron chi connectivity index (χ3n) is 3.03. The van der Waals surface area contributed by atoms with Crippen LogP contribution in [0.3, 0.4) is 0 Å². The van der Waals surface area contributed by atoms with Crippen LogP contribution in [0.2, 0.25) is 0 Å². The maximum absolute atomic E-state index is 11.5. The van der Waals surface area contributed by atoms with E-state index in [0.29, 0.717) is 0 Å². The van der Waals surface area contributed by atoms with Gasteiger partial charge in [-0.25, -0.2) is 9.78 Å². The van der Waals surface area contributed by atoms with Gasteiger partial charge in [0.2, 0.25) is 5.82 Å². The Morgan fingerprint density at radius 1 is 1.50 bits per heavy atom. The number of hydrogen-bond donors (Lipinski definition) is 1. The fourth-order valence-electron chi connectivity index (χ4n) is 1.96. The molecule has 108 valence electrons. The van der Waals surface area contributed by atoms with Gasteiger partial charge in [-0.3, -0.25) is 10.1 Å². The number of rotatable bonds is 4. The third kappa shape index (κ3) is 3.38. The molecule has 0 amide bonds. The van der Waals surface area contributed by atoms with Crippen LogP contribution in [0.5, 0.6) is 0 Å². The molecule has 2 heterocycles.